The lowest BCUT2D eigenvalue weighted by Gasteiger charge is -2.23. The maximum atomic E-state index is 5.84. The zero-order chi connectivity index (χ0) is 13.8. The number of hydrogen-bond acceptors (Lipinski definition) is 3. The summed E-state index contributed by atoms with van der Waals surface area (Å²) in [5.41, 5.74) is 9.16. The Bertz CT molecular complexity index is 583. The van der Waals surface area contributed by atoms with Crippen molar-refractivity contribution in [1.82, 2.24) is 0 Å². The first kappa shape index (κ1) is 12.9. The maximum Gasteiger partial charge on any atom is 0.142 e. The van der Waals surface area contributed by atoms with Gasteiger partial charge in [0, 0.05) is 18.8 Å². The van der Waals surface area contributed by atoms with Gasteiger partial charge in [0.05, 0.1) is 12.3 Å². The Hall–Kier alpha value is -2.16. The van der Waals surface area contributed by atoms with Gasteiger partial charge in [0.1, 0.15) is 5.75 Å². The Balaban J connectivity index is 1.74. The van der Waals surface area contributed by atoms with E-state index >= 15 is 0 Å². The summed E-state index contributed by atoms with van der Waals surface area (Å²) < 4.78 is 5.79. The Morgan fingerprint density at radius 1 is 1.10 bits per heavy atom. The van der Waals surface area contributed by atoms with E-state index in [-0.39, 0.29) is 0 Å². The van der Waals surface area contributed by atoms with Crippen LogP contribution in [-0.2, 0) is 6.42 Å². The molecule has 20 heavy (non-hydrogen) atoms. The second kappa shape index (κ2) is 5.87. The third kappa shape index (κ3) is 2.87. The van der Waals surface area contributed by atoms with Gasteiger partial charge in [0.15, 0.2) is 0 Å². The molecule has 2 aromatic rings. The monoisotopic (exact) mass is 268 g/mol. The number of nitrogens with two attached hydrogens (primary N) is 1. The molecule has 0 radical (unpaired) electrons. The Morgan fingerprint density at radius 3 is 2.90 bits per heavy atom. The molecule has 0 saturated carbocycles. The molecule has 0 fully saturated rings. The van der Waals surface area contributed by atoms with Crippen LogP contribution in [-0.4, -0.2) is 19.7 Å². The van der Waals surface area contributed by atoms with Gasteiger partial charge in [-0.05, 0) is 42.7 Å². The third-order valence-corrected chi connectivity index (χ3v) is 3.66. The number of nitrogen functional groups attached to an aromatic ring is 1. The molecule has 0 spiro atoms. The first-order valence-electron chi connectivity index (χ1n) is 7.14. The molecule has 104 valence electrons. The van der Waals surface area contributed by atoms with Gasteiger partial charge in [-0.15, -0.1) is 0 Å². The average molecular weight is 268 g/mol. The lowest BCUT2D eigenvalue weighted by molar-refractivity contribution is 0.322. The summed E-state index contributed by atoms with van der Waals surface area (Å²) in [4.78, 5) is 2.41. The molecule has 1 aliphatic heterocycles. The number of ether oxygens (including phenoxy) is 1. The van der Waals surface area contributed by atoms with E-state index in [1.807, 2.05) is 24.3 Å². The van der Waals surface area contributed by atoms with Crippen LogP contribution in [0.3, 0.4) is 0 Å². The van der Waals surface area contributed by atoms with Crippen molar-refractivity contribution in [3.63, 3.8) is 0 Å². The summed E-state index contributed by atoms with van der Waals surface area (Å²) in [6.45, 7) is 2.83. The second-order valence-electron chi connectivity index (χ2n) is 5.15. The van der Waals surface area contributed by atoms with Crippen molar-refractivity contribution in [2.24, 2.45) is 0 Å². The fourth-order valence-corrected chi connectivity index (χ4v) is 2.64. The number of hydrogen-bond donors (Lipinski definition) is 1. The van der Waals surface area contributed by atoms with Crippen LogP contribution < -0.4 is 15.4 Å². The van der Waals surface area contributed by atoms with Crippen molar-refractivity contribution in [3.8, 4) is 5.75 Å². The molecule has 2 aromatic carbocycles. The topological polar surface area (TPSA) is 38.5 Å². The van der Waals surface area contributed by atoms with Crippen LogP contribution in [0.25, 0.3) is 0 Å². The number of fused-ring (bicyclic) bond motifs is 1. The van der Waals surface area contributed by atoms with Gasteiger partial charge in [0.2, 0.25) is 0 Å². The standard InChI is InChI=1S/C17H20N2O/c18-15-6-3-5-14(13-15)9-11-19-10-4-12-20-17-8-2-1-7-16(17)19/h1-3,5-8,13H,4,9-12,18H2. The van der Waals surface area contributed by atoms with Crippen molar-refractivity contribution < 1.29 is 4.74 Å². The molecular weight excluding hydrogens is 248 g/mol. The molecular formula is C17H20N2O. The number of nitrogens with zero attached hydrogens (tertiary/aromatic N) is 1. The van der Waals surface area contributed by atoms with E-state index < -0.39 is 0 Å². The van der Waals surface area contributed by atoms with Crippen molar-refractivity contribution in [3.05, 3.63) is 54.1 Å². The molecule has 1 aliphatic rings. The van der Waals surface area contributed by atoms with Gasteiger partial charge in [-0.1, -0.05) is 24.3 Å². The maximum absolute atomic E-state index is 5.84. The Morgan fingerprint density at radius 2 is 2.00 bits per heavy atom. The number of para-hydroxylation sites is 2. The number of benzene rings is 2. The zero-order valence-electron chi connectivity index (χ0n) is 11.6. The van der Waals surface area contributed by atoms with Crippen molar-refractivity contribution in [2.75, 3.05) is 30.3 Å². The van der Waals surface area contributed by atoms with Crippen LogP contribution >= 0.6 is 0 Å². The normalized spacial score (nSPS) is 14.3. The smallest absolute Gasteiger partial charge is 0.142 e. The van der Waals surface area contributed by atoms with E-state index in [4.69, 9.17) is 10.5 Å². The van der Waals surface area contributed by atoms with Crippen molar-refractivity contribution >= 4 is 11.4 Å². The summed E-state index contributed by atoms with van der Waals surface area (Å²) in [6.07, 6.45) is 2.06. The van der Waals surface area contributed by atoms with Gasteiger partial charge in [-0.3, -0.25) is 0 Å². The Kier molecular flexibility index (Phi) is 3.77. The lowest BCUT2D eigenvalue weighted by Crippen LogP contribution is -2.26. The van der Waals surface area contributed by atoms with Crippen LogP contribution in [0.2, 0.25) is 0 Å². The molecule has 0 amide bonds. The van der Waals surface area contributed by atoms with Gasteiger partial charge in [-0.25, -0.2) is 0 Å². The van der Waals surface area contributed by atoms with Gasteiger partial charge in [-0.2, -0.15) is 0 Å². The highest BCUT2D eigenvalue weighted by Gasteiger charge is 2.15. The average Bonchev–Trinajstić information content (AvgIpc) is 2.67. The molecule has 0 unspecified atom stereocenters. The lowest BCUT2D eigenvalue weighted by atomic mass is 10.1. The van der Waals surface area contributed by atoms with Gasteiger partial charge >= 0.3 is 0 Å². The highest BCUT2D eigenvalue weighted by atomic mass is 16.5. The second-order valence-corrected chi connectivity index (χ2v) is 5.15. The molecule has 2 N–H and O–H groups in total. The molecule has 0 atom stereocenters. The SMILES string of the molecule is Nc1cccc(CCN2CCCOc3ccccc32)c1. The summed E-state index contributed by atoms with van der Waals surface area (Å²) in [6, 6.07) is 16.4. The summed E-state index contributed by atoms with van der Waals surface area (Å²) >= 11 is 0. The minimum Gasteiger partial charge on any atom is -0.491 e. The fourth-order valence-electron chi connectivity index (χ4n) is 2.64. The number of rotatable bonds is 3. The minimum atomic E-state index is 0.797. The summed E-state index contributed by atoms with van der Waals surface area (Å²) in [5, 5.41) is 0. The van der Waals surface area contributed by atoms with E-state index in [1.165, 1.54) is 11.3 Å². The molecule has 0 saturated heterocycles. The van der Waals surface area contributed by atoms with Gasteiger partial charge in [0.25, 0.3) is 0 Å². The molecule has 0 bridgehead atoms. The fraction of sp³-hybridized carbons (Fsp3) is 0.294. The predicted molar refractivity (Wildman–Crippen MR) is 83.3 cm³/mol. The molecule has 0 aliphatic carbocycles. The number of anilines is 2. The van der Waals surface area contributed by atoms with Crippen LogP contribution in [0.1, 0.15) is 12.0 Å². The highest BCUT2D eigenvalue weighted by Crippen LogP contribution is 2.30. The van der Waals surface area contributed by atoms with Crippen LogP contribution in [0.15, 0.2) is 48.5 Å². The molecule has 0 aromatic heterocycles. The first-order valence-corrected chi connectivity index (χ1v) is 7.14. The van der Waals surface area contributed by atoms with Crippen LogP contribution in [0.4, 0.5) is 11.4 Å². The zero-order valence-corrected chi connectivity index (χ0v) is 11.6. The predicted octanol–water partition coefficient (Wildman–Crippen LogP) is 3.10. The molecule has 3 heteroatoms. The van der Waals surface area contributed by atoms with Gasteiger partial charge < -0.3 is 15.4 Å². The van der Waals surface area contributed by atoms with Crippen molar-refractivity contribution in [1.29, 1.82) is 0 Å². The van der Waals surface area contributed by atoms with E-state index in [1.54, 1.807) is 0 Å². The highest BCUT2D eigenvalue weighted by molar-refractivity contribution is 5.59. The van der Waals surface area contributed by atoms with E-state index in [2.05, 4.69) is 29.2 Å². The van der Waals surface area contributed by atoms with E-state index in [9.17, 15) is 0 Å². The first-order chi connectivity index (χ1) is 9.83. The summed E-state index contributed by atoms with van der Waals surface area (Å²) in [5.74, 6) is 0.998. The van der Waals surface area contributed by atoms with Crippen LogP contribution in [0, 0.1) is 0 Å². The van der Waals surface area contributed by atoms with E-state index in [0.29, 0.717) is 0 Å². The molecule has 1 heterocycles. The quantitative estimate of drug-likeness (QED) is 0.869. The Labute approximate surface area is 120 Å². The largest absolute Gasteiger partial charge is 0.491 e. The molecule has 3 nitrogen and oxygen atoms in total. The minimum absolute atomic E-state index is 0.797. The van der Waals surface area contributed by atoms with Crippen molar-refractivity contribution in [2.45, 2.75) is 12.8 Å². The third-order valence-electron chi connectivity index (χ3n) is 3.66. The molecule has 3 rings (SSSR count). The van der Waals surface area contributed by atoms with Crippen LogP contribution in [0.5, 0.6) is 5.75 Å². The van der Waals surface area contributed by atoms with E-state index in [0.717, 1.165) is 44.0 Å². The summed E-state index contributed by atoms with van der Waals surface area (Å²) in [7, 11) is 0.